The van der Waals surface area contributed by atoms with Crippen LogP contribution in [-0.4, -0.2) is 75.2 Å². The molecule has 4 amide bonds. The fraction of sp³-hybridized carbons (Fsp3) is 0.462. The maximum absolute atomic E-state index is 13.5. The van der Waals surface area contributed by atoms with E-state index in [0.29, 0.717) is 25.1 Å². The maximum Gasteiger partial charge on any atom is 0.332 e. The van der Waals surface area contributed by atoms with Gasteiger partial charge in [-0.2, -0.15) is 0 Å². The van der Waals surface area contributed by atoms with Crippen molar-refractivity contribution < 1.29 is 19.5 Å². The van der Waals surface area contributed by atoms with Crippen LogP contribution in [0.2, 0.25) is 0 Å². The summed E-state index contributed by atoms with van der Waals surface area (Å²) < 4.78 is 1.11. The third kappa shape index (κ3) is 3.50. The molecule has 1 aromatic heterocycles. The van der Waals surface area contributed by atoms with Crippen molar-refractivity contribution in [2.45, 2.75) is 51.6 Å². The molecule has 2 atom stereocenters. The Hall–Kier alpha value is -4.22. The van der Waals surface area contributed by atoms with Crippen molar-refractivity contribution in [3.63, 3.8) is 0 Å². The van der Waals surface area contributed by atoms with Gasteiger partial charge in [0.25, 0.3) is 5.56 Å². The number of carbonyl (C=O) groups excluding carboxylic acids is 3. The normalized spacial score (nSPS) is 21.4. The van der Waals surface area contributed by atoms with Crippen molar-refractivity contribution in [3.8, 4) is 5.88 Å². The number of aromatic nitrogens is 2. The van der Waals surface area contributed by atoms with Crippen LogP contribution >= 0.6 is 0 Å². The number of barbiturate groups is 1. The lowest BCUT2D eigenvalue weighted by Gasteiger charge is -2.50. The fourth-order valence-corrected chi connectivity index (χ4v) is 5.98. The number of anilines is 1. The topological polar surface area (TPSA) is 148 Å². The molecular formula is C26H30N6O6. The summed E-state index contributed by atoms with van der Waals surface area (Å²) in [7, 11) is 2.79. The molecule has 5 rings (SSSR count). The van der Waals surface area contributed by atoms with Crippen LogP contribution in [-0.2, 0) is 16.0 Å². The molecule has 200 valence electrons. The van der Waals surface area contributed by atoms with Crippen molar-refractivity contribution in [3.05, 3.63) is 50.2 Å². The van der Waals surface area contributed by atoms with Gasteiger partial charge in [-0.15, -0.1) is 0 Å². The summed E-state index contributed by atoms with van der Waals surface area (Å²) in [5.41, 5.74) is -0.993. The van der Waals surface area contributed by atoms with E-state index >= 15 is 0 Å². The van der Waals surface area contributed by atoms with Crippen LogP contribution in [0.5, 0.6) is 5.88 Å². The van der Waals surface area contributed by atoms with E-state index in [-0.39, 0.29) is 24.1 Å². The van der Waals surface area contributed by atoms with Gasteiger partial charge in [0.1, 0.15) is 5.56 Å². The number of hydrogen-bond acceptors (Lipinski definition) is 8. The summed E-state index contributed by atoms with van der Waals surface area (Å²) in [5.74, 6) is -1.49. The summed E-state index contributed by atoms with van der Waals surface area (Å²) in [6, 6.07) is 4.02. The molecule has 38 heavy (non-hydrogen) atoms. The van der Waals surface area contributed by atoms with Crippen LogP contribution in [0.1, 0.15) is 50.3 Å². The highest BCUT2D eigenvalue weighted by Crippen LogP contribution is 2.49. The highest BCUT2D eigenvalue weighted by atomic mass is 16.3. The van der Waals surface area contributed by atoms with Gasteiger partial charge in [-0.3, -0.25) is 38.7 Å². The SMILES string of the molecule is CC[C@H](C)n1c(O)c(C=Nc2ccc3c(c2)CC2(C(=O)N(C)C(=O)N(C)C2=O)[C@@H]2CCCN32)c(=O)[nH]c1=O. The first-order valence-corrected chi connectivity index (χ1v) is 12.6. The van der Waals surface area contributed by atoms with Gasteiger partial charge >= 0.3 is 11.7 Å². The number of nitrogens with zero attached hydrogens (tertiary/aromatic N) is 5. The highest BCUT2D eigenvalue weighted by molar-refractivity contribution is 6.20. The van der Waals surface area contributed by atoms with Crippen molar-refractivity contribution in [1.29, 1.82) is 0 Å². The van der Waals surface area contributed by atoms with Crippen molar-refractivity contribution in [2.75, 3.05) is 25.5 Å². The van der Waals surface area contributed by atoms with E-state index in [2.05, 4.69) is 14.9 Å². The number of rotatable bonds is 4. The minimum absolute atomic E-state index is 0.108. The molecular weight excluding hydrogens is 492 g/mol. The predicted octanol–water partition coefficient (Wildman–Crippen LogP) is 1.53. The van der Waals surface area contributed by atoms with E-state index in [1.165, 1.54) is 20.3 Å². The van der Waals surface area contributed by atoms with Crippen molar-refractivity contribution in [1.82, 2.24) is 19.4 Å². The number of aromatic amines is 1. The molecule has 1 spiro atoms. The standard InChI is InChI=1S/C26H30N6O6/c1-5-14(2)32-21(34)17(20(33)28-24(32)37)13-27-16-8-9-18-15(11-16)12-26(19-7-6-10-31(18)19)22(35)29(3)25(38)30(4)23(26)36/h8-9,11,13-14,19,34H,5-7,10,12H2,1-4H3,(H,28,33,37)/t14-,19-/m0/s1. The van der Waals surface area contributed by atoms with Crippen LogP contribution in [0.4, 0.5) is 16.2 Å². The Labute approximate surface area is 218 Å². The van der Waals surface area contributed by atoms with E-state index < -0.39 is 40.4 Å². The molecule has 1 aromatic carbocycles. The van der Waals surface area contributed by atoms with Crippen LogP contribution in [0, 0.1) is 5.41 Å². The number of amides is 4. The van der Waals surface area contributed by atoms with Crippen LogP contribution in [0.3, 0.4) is 0 Å². The first-order chi connectivity index (χ1) is 18.0. The molecule has 2 N–H and O–H groups in total. The zero-order chi connectivity index (χ0) is 27.5. The number of nitrogens with one attached hydrogen (secondary N) is 1. The second kappa shape index (κ2) is 8.96. The number of imide groups is 2. The Morgan fingerprint density at radius 2 is 1.84 bits per heavy atom. The third-order valence-corrected chi connectivity index (χ3v) is 8.14. The molecule has 2 aromatic rings. The molecule has 12 heteroatoms. The molecule has 3 aliphatic rings. The summed E-state index contributed by atoms with van der Waals surface area (Å²) in [6.07, 6.45) is 3.33. The van der Waals surface area contributed by atoms with E-state index in [4.69, 9.17) is 0 Å². The van der Waals surface area contributed by atoms with Crippen molar-refractivity contribution >= 4 is 35.4 Å². The number of hydrogen-bond donors (Lipinski definition) is 2. The number of carbonyl (C=O) groups is 3. The van der Waals surface area contributed by atoms with Gasteiger partial charge in [0.15, 0.2) is 5.41 Å². The summed E-state index contributed by atoms with van der Waals surface area (Å²) >= 11 is 0. The quantitative estimate of drug-likeness (QED) is 0.457. The lowest BCUT2D eigenvalue weighted by molar-refractivity contribution is -0.159. The van der Waals surface area contributed by atoms with Crippen LogP contribution in [0.15, 0.2) is 32.8 Å². The number of aromatic hydroxyl groups is 1. The molecule has 0 saturated carbocycles. The Kier molecular flexibility index (Phi) is 6.00. The number of fused-ring (bicyclic) bond motifs is 4. The van der Waals surface area contributed by atoms with E-state index in [9.17, 15) is 29.1 Å². The Balaban J connectivity index is 1.57. The second-order valence-corrected chi connectivity index (χ2v) is 10.2. The molecule has 0 bridgehead atoms. The zero-order valence-electron chi connectivity index (χ0n) is 21.7. The van der Waals surface area contributed by atoms with Gasteiger partial charge in [0.2, 0.25) is 17.7 Å². The van der Waals surface area contributed by atoms with Gasteiger partial charge in [-0.25, -0.2) is 9.59 Å². The van der Waals surface area contributed by atoms with Gasteiger partial charge in [-0.1, -0.05) is 6.92 Å². The molecule has 0 unspecified atom stereocenters. The van der Waals surface area contributed by atoms with E-state index in [1.807, 2.05) is 13.0 Å². The molecule has 3 aliphatic heterocycles. The molecule has 2 saturated heterocycles. The Bertz CT molecular complexity index is 1480. The van der Waals surface area contributed by atoms with Gasteiger partial charge in [-0.05, 0) is 56.4 Å². The Morgan fingerprint density at radius 3 is 2.50 bits per heavy atom. The lowest BCUT2D eigenvalue weighted by Crippen LogP contribution is -2.70. The molecule has 2 fully saturated rings. The summed E-state index contributed by atoms with van der Waals surface area (Å²) in [5, 5.41) is 10.7. The monoisotopic (exact) mass is 522 g/mol. The summed E-state index contributed by atoms with van der Waals surface area (Å²) in [6.45, 7) is 4.28. The largest absolute Gasteiger partial charge is 0.494 e. The number of urea groups is 1. The Morgan fingerprint density at radius 1 is 1.16 bits per heavy atom. The smallest absolute Gasteiger partial charge is 0.332 e. The summed E-state index contributed by atoms with van der Waals surface area (Å²) in [4.78, 5) is 74.9. The van der Waals surface area contributed by atoms with E-state index in [1.54, 1.807) is 19.1 Å². The fourth-order valence-electron chi connectivity index (χ4n) is 5.98. The average Bonchev–Trinajstić information content (AvgIpc) is 3.40. The highest BCUT2D eigenvalue weighted by Gasteiger charge is 2.63. The minimum atomic E-state index is -1.43. The maximum atomic E-state index is 13.5. The van der Waals surface area contributed by atoms with Gasteiger partial charge in [0.05, 0.1) is 11.7 Å². The molecule has 4 heterocycles. The first kappa shape index (κ1) is 25.4. The molecule has 0 aliphatic carbocycles. The zero-order valence-corrected chi connectivity index (χ0v) is 21.7. The number of H-pyrrole nitrogens is 1. The first-order valence-electron chi connectivity index (χ1n) is 12.6. The van der Waals surface area contributed by atoms with Crippen LogP contribution in [0.25, 0.3) is 0 Å². The van der Waals surface area contributed by atoms with E-state index in [0.717, 1.165) is 32.0 Å². The van der Waals surface area contributed by atoms with Crippen molar-refractivity contribution in [2.24, 2.45) is 10.4 Å². The predicted molar refractivity (Wildman–Crippen MR) is 139 cm³/mol. The van der Waals surface area contributed by atoms with Gasteiger partial charge in [0, 0.05) is 38.6 Å². The van der Waals surface area contributed by atoms with Gasteiger partial charge < -0.3 is 10.0 Å². The minimum Gasteiger partial charge on any atom is -0.494 e. The van der Waals surface area contributed by atoms with Crippen LogP contribution < -0.4 is 16.1 Å². The molecule has 12 nitrogen and oxygen atoms in total. The molecule has 0 radical (unpaired) electrons. The second-order valence-electron chi connectivity index (χ2n) is 10.2. The lowest BCUT2D eigenvalue weighted by atomic mass is 9.68. The average molecular weight is 523 g/mol. The number of aliphatic imine (C=N–C) groups is 1. The number of benzene rings is 1. The third-order valence-electron chi connectivity index (χ3n) is 8.14.